The summed E-state index contributed by atoms with van der Waals surface area (Å²) in [6.07, 6.45) is 4.16. The molecule has 0 aliphatic carbocycles. The minimum absolute atomic E-state index is 0.0155. The zero-order valence-corrected chi connectivity index (χ0v) is 11.7. The van der Waals surface area contributed by atoms with Crippen molar-refractivity contribution in [1.29, 1.82) is 0 Å². The number of pyridine rings is 1. The standard InChI is InChI=1S/C14H18N4O2/c1-3-14(2)9-18(6-7-20-14)13(19)10-4-5-15-12-11(10)8-16-17-12/h4-5,8H,3,6-7,9H2,1-2H3,(H,15,16,17). The molecule has 2 aromatic rings. The molecule has 1 aliphatic rings. The number of aromatic amines is 1. The monoisotopic (exact) mass is 274 g/mol. The molecule has 6 nitrogen and oxygen atoms in total. The quantitative estimate of drug-likeness (QED) is 0.903. The van der Waals surface area contributed by atoms with Crippen LogP contribution in [-0.4, -0.2) is 51.3 Å². The molecular formula is C14H18N4O2. The number of nitrogens with one attached hydrogen (secondary N) is 1. The van der Waals surface area contributed by atoms with E-state index >= 15 is 0 Å². The van der Waals surface area contributed by atoms with E-state index in [0.717, 1.165) is 11.8 Å². The van der Waals surface area contributed by atoms with Gasteiger partial charge in [-0.1, -0.05) is 6.92 Å². The van der Waals surface area contributed by atoms with Gasteiger partial charge in [-0.2, -0.15) is 5.10 Å². The molecule has 1 N–H and O–H groups in total. The summed E-state index contributed by atoms with van der Waals surface area (Å²) in [4.78, 5) is 18.7. The Labute approximate surface area is 117 Å². The van der Waals surface area contributed by atoms with Gasteiger partial charge in [-0.25, -0.2) is 4.98 Å². The molecule has 0 bridgehead atoms. The van der Waals surface area contributed by atoms with Crippen LogP contribution in [0.4, 0.5) is 0 Å². The fourth-order valence-corrected chi connectivity index (χ4v) is 2.53. The molecule has 106 valence electrons. The van der Waals surface area contributed by atoms with Crippen LogP contribution in [0.25, 0.3) is 11.0 Å². The lowest BCUT2D eigenvalue weighted by Gasteiger charge is -2.40. The molecular weight excluding hydrogens is 256 g/mol. The van der Waals surface area contributed by atoms with Gasteiger partial charge < -0.3 is 9.64 Å². The summed E-state index contributed by atoms with van der Waals surface area (Å²) in [6, 6.07) is 1.75. The number of H-pyrrole nitrogens is 1. The van der Waals surface area contributed by atoms with Crippen molar-refractivity contribution >= 4 is 16.9 Å². The summed E-state index contributed by atoms with van der Waals surface area (Å²) in [6.45, 7) is 5.94. The van der Waals surface area contributed by atoms with Gasteiger partial charge in [0.1, 0.15) is 0 Å². The van der Waals surface area contributed by atoms with Gasteiger partial charge in [-0.05, 0) is 19.4 Å². The summed E-state index contributed by atoms with van der Waals surface area (Å²) in [5.41, 5.74) is 1.03. The van der Waals surface area contributed by atoms with E-state index in [-0.39, 0.29) is 11.5 Å². The second kappa shape index (κ2) is 4.86. The Kier molecular flexibility index (Phi) is 3.17. The van der Waals surface area contributed by atoms with Gasteiger partial charge in [0.25, 0.3) is 5.91 Å². The first-order valence-electron chi connectivity index (χ1n) is 6.84. The number of hydrogen-bond donors (Lipinski definition) is 1. The molecule has 3 rings (SSSR count). The predicted octanol–water partition coefficient (Wildman–Crippen LogP) is 1.60. The van der Waals surface area contributed by atoms with E-state index in [1.807, 2.05) is 11.8 Å². The lowest BCUT2D eigenvalue weighted by molar-refractivity contribution is -0.0897. The molecule has 0 spiro atoms. The molecule has 3 heterocycles. The second-order valence-corrected chi connectivity index (χ2v) is 5.37. The zero-order valence-electron chi connectivity index (χ0n) is 11.7. The number of morpholine rings is 1. The maximum Gasteiger partial charge on any atom is 0.254 e. The highest BCUT2D eigenvalue weighted by molar-refractivity contribution is 6.05. The van der Waals surface area contributed by atoms with Gasteiger partial charge >= 0.3 is 0 Å². The van der Waals surface area contributed by atoms with Gasteiger partial charge in [0.05, 0.1) is 29.4 Å². The second-order valence-electron chi connectivity index (χ2n) is 5.37. The maximum atomic E-state index is 12.7. The third-order valence-corrected chi connectivity index (χ3v) is 3.96. The van der Waals surface area contributed by atoms with Gasteiger partial charge in [0.2, 0.25) is 0 Å². The molecule has 1 amide bonds. The third-order valence-electron chi connectivity index (χ3n) is 3.96. The van der Waals surface area contributed by atoms with Crippen LogP contribution < -0.4 is 0 Å². The van der Waals surface area contributed by atoms with Crippen LogP contribution >= 0.6 is 0 Å². The number of carbonyl (C=O) groups is 1. The largest absolute Gasteiger partial charge is 0.372 e. The Hall–Kier alpha value is -1.95. The summed E-state index contributed by atoms with van der Waals surface area (Å²) in [5.74, 6) is 0.0155. The first-order valence-corrected chi connectivity index (χ1v) is 6.84. The number of carbonyl (C=O) groups excluding carboxylic acids is 1. The average molecular weight is 274 g/mol. The first kappa shape index (κ1) is 13.1. The van der Waals surface area contributed by atoms with Crippen molar-refractivity contribution in [3.8, 4) is 0 Å². The maximum absolute atomic E-state index is 12.7. The number of nitrogens with zero attached hydrogens (tertiary/aromatic N) is 3. The molecule has 2 aromatic heterocycles. The van der Waals surface area contributed by atoms with Crippen LogP contribution in [0.15, 0.2) is 18.5 Å². The average Bonchev–Trinajstić information content (AvgIpc) is 2.95. The summed E-state index contributed by atoms with van der Waals surface area (Å²) >= 11 is 0. The molecule has 1 unspecified atom stereocenters. The van der Waals surface area contributed by atoms with Crippen molar-refractivity contribution in [2.24, 2.45) is 0 Å². The fraction of sp³-hybridized carbons (Fsp3) is 0.500. The SMILES string of the molecule is CCC1(C)CN(C(=O)c2ccnc3[nH]ncc23)CCO1. The Morgan fingerprint density at radius 1 is 1.60 bits per heavy atom. The van der Waals surface area contributed by atoms with E-state index < -0.39 is 0 Å². The number of fused-ring (bicyclic) bond motifs is 1. The Bertz CT molecular complexity index is 639. The summed E-state index contributed by atoms with van der Waals surface area (Å²) < 4.78 is 5.78. The Morgan fingerprint density at radius 2 is 2.45 bits per heavy atom. The van der Waals surface area contributed by atoms with E-state index in [0.29, 0.717) is 30.9 Å². The molecule has 6 heteroatoms. The van der Waals surface area contributed by atoms with Gasteiger partial charge in [0.15, 0.2) is 5.65 Å². The van der Waals surface area contributed by atoms with Crippen LogP contribution in [0, 0.1) is 0 Å². The highest BCUT2D eigenvalue weighted by atomic mass is 16.5. The number of hydrogen-bond acceptors (Lipinski definition) is 4. The van der Waals surface area contributed by atoms with E-state index in [4.69, 9.17) is 4.74 Å². The first-order chi connectivity index (χ1) is 9.63. The fourth-order valence-electron chi connectivity index (χ4n) is 2.53. The minimum Gasteiger partial charge on any atom is -0.372 e. The molecule has 1 atom stereocenters. The highest BCUT2D eigenvalue weighted by Crippen LogP contribution is 2.24. The van der Waals surface area contributed by atoms with Gasteiger partial charge in [-0.3, -0.25) is 9.89 Å². The number of aromatic nitrogens is 3. The van der Waals surface area contributed by atoms with Gasteiger partial charge in [0, 0.05) is 19.3 Å². The third kappa shape index (κ3) is 2.16. The molecule has 0 radical (unpaired) electrons. The van der Waals surface area contributed by atoms with Crippen LogP contribution in [-0.2, 0) is 4.74 Å². The van der Waals surface area contributed by atoms with Crippen LogP contribution in [0.3, 0.4) is 0 Å². The lowest BCUT2D eigenvalue weighted by Crippen LogP contribution is -2.51. The molecule has 20 heavy (non-hydrogen) atoms. The van der Waals surface area contributed by atoms with Crippen molar-refractivity contribution < 1.29 is 9.53 Å². The summed E-state index contributed by atoms with van der Waals surface area (Å²) in [5, 5.41) is 7.51. The number of ether oxygens (including phenoxy) is 1. The summed E-state index contributed by atoms with van der Waals surface area (Å²) in [7, 11) is 0. The van der Waals surface area contributed by atoms with Crippen LogP contribution in [0.1, 0.15) is 30.6 Å². The van der Waals surface area contributed by atoms with Crippen LogP contribution in [0.2, 0.25) is 0 Å². The van der Waals surface area contributed by atoms with Crippen molar-refractivity contribution in [2.75, 3.05) is 19.7 Å². The van der Waals surface area contributed by atoms with Crippen molar-refractivity contribution in [3.05, 3.63) is 24.0 Å². The molecule has 1 saturated heterocycles. The smallest absolute Gasteiger partial charge is 0.254 e. The van der Waals surface area contributed by atoms with Gasteiger partial charge in [-0.15, -0.1) is 0 Å². The van der Waals surface area contributed by atoms with E-state index in [1.165, 1.54) is 0 Å². The minimum atomic E-state index is -0.254. The topological polar surface area (TPSA) is 71.1 Å². The normalized spacial score (nSPS) is 23.2. The van der Waals surface area contributed by atoms with E-state index in [2.05, 4.69) is 22.1 Å². The molecule has 0 saturated carbocycles. The molecule has 0 aromatic carbocycles. The van der Waals surface area contributed by atoms with Crippen molar-refractivity contribution in [3.63, 3.8) is 0 Å². The van der Waals surface area contributed by atoms with Crippen molar-refractivity contribution in [2.45, 2.75) is 25.9 Å². The lowest BCUT2D eigenvalue weighted by atomic mass is 10.00. The number of rotatable bonds is 2. The molecule has 1 fully saturated rings. The Morgan fingerprint density at radius 3 is 3.25 bits per heavy atom. The van der Waals surface area contributed by atoms with E-state index in [1.54, 1.807) is 18.5 Å². The van der Waals surface area contributed by atoms with Crippen LogP contribution in [0.5, 0.6) is 0 Å². The van der Waals surface area contributed by atoms with Crippen molar-refractivity contribution in [1.82, 2.24) is 20.1 Å². The Balaban J connectivity index is 1.91. The van der Waals surface area contributed by atoms with E-state index in [9.17, 15) is 4.79 Å². The highest BCUT2D eigenvalue weighted by Gasteiger charge is 2.33. The zero-order chi connectivity index (χ0) is 14.2. The number of amides is 1. The molecule has 1 aliphatic heterocycles. The predicted molar refractivity (Wildman–Crippen MR) is 74.4 cm³/mol.